The fourth-order valence-corrected chi connectivity index (χ4v) is 0. The standard InChI is InChI=1S/C4H6O2.C3H7.Na/c1-3(2)4(5)6;1-3-2;/h1H2,2H3,(H,5,6);1,3H2,2H3;. The van der Waals surface area contributed by atoms with Gasteiger partial charge in [0.2, 0.25) is 0 Å². The van der Waals surface area contributed by atoms with Gasteiger partial charge in [0.25, 0.3) is 0 Å². The summed E-state index contributed by atoms with van der Waals surface area (Å²) in [5.74, 6) is -0.935. The van der Waals surface area contributed by atoms with Gasteiger partial charge in [-0.3, -0.25) is 0 Å². The number of hydrogen-bond acceptors (Lipinski definition) is 1. The van der Waals surface area contributed by atoms with Crippen molar-refractivity contribution >= 4 is 33.9 Å². The van der Waals surface area contributed by atoms with Crippen molar-refractivity contribution in [2.75, 3.05) is 0 Å². The minimum absolute atomic E-state index is 0.176. The van der Waals surface area contributed by atoms with E-state index in [2.05, 4.69) is 13.5 Å². The van der Waals surface area contributed by atoms with Crippen LogP contribution in [0.3, 0.4) is 0 Å². The number of hydrogen-bond donors (Lipinski definition) is 1. The molecule has 0 aromatic heterocycles. The fourth-order valence-electron chi connectivity index (χ4n) is 0. The van der Waals surface area contributed by atoms with Crippen LogP contribution < -0.4 is 0 Å². The predicted octanol–water partition coefficient (Wildman–Crippen LogP) is 1.63. The molecule has 0 aliphatic carbocycles. The predicted molar refractivity (Wildman–Crippen MR) is 43.3 cm³/mol. The fraction of sp³-hybridized carbons (Fsp3) is 0.571. The van der Waals surface area contributed by atoms with Gasteiger partial charge in [0, 0.05) is 5.57 Å². The van der Waals surface area contributed by atoms with E-state index in [0.29, 0.717) is 0 Å². The Hall–Kier alpha value is 0.210. The number of aliphatic carboxylic acids is 1. The summed E-state index contributed by atoms with van der Waals surface area (Å²) in [6, 6.07) is 0. The topological polar surface area (TPSA) is 37.3 Å². The molecular formula is C7H13NaO2. The second-order valence-electron chi connectivity index (χ2n) is 2.09. The molecule has 0 amide bonds. The van der Waals surface area contributed by atoms with E-state index in [1.807, 2.05) is 0 Å². The summed E-state index contributed by atoms with van der Waals surface area (Å²) >= 11 is 1.39. The van der Waals surface area contributed by atoms with Crippen LogP contribution in [0.2, 0.25) is 3.67 Å². The first kappa shape index (κ1) is 12.8. The second-order valence-corrected chi connectivity index (χ2v) is 3.09. The zero-order valence-corrected chi connectivity index (χ0v) is 8.98. The molecule has 0 saturated heterocycles. The van der Waals surface area contributed by atoms with Gasteiger partial charge in [-0.25, -0.2) is 4.79 Å². The zero-order chi connectivity index (χ0) is 8.57. The van der Waals surface area contributed by atoms with Gasteiger partial charge in [-0.05, 0) is 6.92 Å². The number of carboxylic acid groups (broad SMARTS) is 1. The van der Waals surface area contributed by atoms with Crippen LogP contribution in [0.4, 0.5) is 0 Å². The summed E-state index contributed by atoms with van der Waals surface area (Å²) in [6.45, 7) is 6.82. The molecule has 2 nitrogen and oxygen atoms in total. The molecule has 54 valence electrons. The Morgan fingerprint density at radius 3 is 1.90 bits per heavy atom. The van der Waals surface area contributed by atoms with Gasteiger partial charge in [0.05, 0.1) is 0 Å². The SMILES string of the molecule is C=C(C)C(=O)O.CC[CH2][Na]. The van der Waals surface area contributed by atoms with E-state index in [0.717, 1.165) is 0 Å². The van der Waals surface area contributed by atoms with Crippen molar-refractivity contribution in [3.05, 3.63) is 12.2 Å². The summed E-state index contributed by atoms with van der Waals surface area (Å²) in [5.41, 5.74) is 0.176. The molecule has 10 heavy (non-hydrogen) atoms. The van der Waals surface area contributed by atoms with Gasteiger partial charge in [-0.15, -0.1) is 0 Å². The van der Waals surface area contributed by atoms with Crippen molar-refractivity contribution in [1.29, 1.82) is 0 Å². The van der Waals surface area contributed by atoms with Crippen LogP contribution in [0.5, 0.6) is 0 Å². The average molecular weight is 152 g/mol. The quantitative estimate of drug-likeness (QED) is 0.482. The van der Waals surface area contributed by atoms with E-state index in [4.69, 9.17) is 5.11 Å². The van der Waals surface area contributed by atoms with Crippen molar-refractivity contribution < 1.29 is 9.90 Å². The molecule has 0 bridgehead atoms. The Balaban J connectivity index is 0. The summed E-state index contributed by atoms with van der Waals surface area (Å²) < 4.78 is 1.46. The number of rotatable bonds is 2. The number of carboxylic acids is 1. The van der Waals surface area contributed by atoms with E-state index in [1.54, 1.807) is 0 Å². The molecule has 0 aliphatic rings. The van der Waals surface area contributed by atoms with Crippen LogP contribution in [0.15, 0.2) is 12.2 Å². The minimum atomic E-state index is -0.935. The van der Waals surface area contributed by atoms with E-state index in [-0.39, 0.29) is 5.57 Å². The van der Waals surface area contributed by atoms with Gasteiger partial charge in [0.15, 0.2) is 0 Å². The molecule has 0 fully saturated rings. The van der Waals surface area contributed by atoms with Crippen LogP contribution in [-0.4, -0.2) is 39.0 Å². The third-order valence-electron chi connectivity index (χ3n) is 0.865. The zero-order valence-electron chi connectivity index (χ0n) is 6.98. The summed E-state index contributed by atoms with van der Waals surface area (Å²) in [5, 5.41) is 7.89. The molecule has 0 heterocycles. The summed E-state index contributed by atoms with van der Waals surface area (Å²) in [6.07, 6.45) is 1.38. The molecule has 0 atom stereocenters. The van der Waals surface area contributed by atoms with Crippen molar-refractivity contribution in [1.82, 2.24) is 0 Å². The molecule has 0 rings (SSSR count). The first-order chi connectivity index (χ1) is 4.56. The van der Waals surface area contributed by atoms with Gasteiger partial charge in [0.1, 0.15) is 0 Å². The molecular weight excluding hydrogens is 139 g/mol. The van der Waals surface area contributed by atoms with Crippen LogP contribution in [-0.2, 0) is 4.79 Å². The van der Waals surface area contributed by atoms with Gasteiger partial charge in [-0.1, -0.05) is 6.58 Å². The van der Waals surface area contributed by atoms with Crippen LogP contribution >= 0.6 is 0 Å². The van der Waals surface area contributed by atoms with E-state index in [9.17, 15) is 4.79 Å². The Morgan fingerprint density at radius 2 is 1.90 bits per heavy atom. The van der Waals surface area contributed by atoms with E-state index < -0.39 is 5.97 Å². The normalized spacial score (nSPS) is 7.60. The molecule has 0 aromatic carbocycles. The van der Waals surface area contributed by atoms with Crippen LogP contribution in [0, 0.1) is 0 Å². The monoisotopic (exact) mass is 152 g/mol. The average Bonchev–Trinajstić information content (AvgIpc) is 1.89. The maximum absolute atomic E-state index is 9.60. The van der Waals surface area contributed by atoms with Crippen molar-refractivity contribution in [3.8, 4) is 0 Å². The molecule has 1 N–H and O–H groups in total. The summed E-state index contributed by atoms with van der Waals surface area (Å²) in [7, 11) is 0. The van der Waals surface area contributed by atoms with Crippen molar-refractivity contribution in [2.24, 2.45) is 0 Å². The molecule has 0 aliphatic heterocycles. The first-order valence-electron chi connectivity index (χ1n) is 3.45. The molecule has 0 aromatic rings. The Labute approximate surface area is 79.7 Å². The molecule has 3 heteroatoms. The van der Waals surface area contributed by atoms with E-state index >= 15 is 0 Å². The van der Waals surface area contributed by atoms with Crippen molar-refractivity contribution in [3.63, 3.8) is 0 Å². The molecule has 0 unspecified atom stereocenters. The number of carbonyl (C=O) groups is 1. The molecule has 0 spiro atoms. The second kappa shape index (κ2) is 9.21. The molecule has 0 saturated carbocycles. The first-order valence-corrected chi connectivity index (χ1v) is 4.86. The van der Waals surface area contributed by atoms with Crippen LogP contribution in [0.25, 0.3) is 0 Å². The van der Waals surface area contributed by atoms with Gasteiger partial charge in [-0.2, -0.15) is 0 Å². The maximum atomic E-state index is 9.60. The molecule has 0 radical (unpaired) electrons. The van der Waals surface area contributed by atoms with Gasteiger partial charge >= 0.3 is 50.9 Å². The van der Waals surface area contributed by atoms with E-state index in [1.165, 1.54) is 44.9 Å². The Kier molecular flexibility index (Phi) is 11.8. The third-order valence-corrected chi connectivity index (χ3v) is 1.87. The van der Waals surface area contributed by atoms with Crippen molar-refractivity contribution in [2.45, 2.75) is 23.9 Å². The Bertz CT molecular complexity index is 96.2. The Morgan fingerprint density at radius 1 is 1.70 bits per heavy atom. The van der Waals surface area contributed by atoms with Gasteiger partial charge < -0.3 is 5.11 Å². The third kappa shape index (κ3) is 15.7. The summed E-state index contributed by atoms with van der Waals surface area (Å²) in [4.78, 5) is 9.60. The van der Waals surface area contributed by atoms with Crippen LogP contribution in [0.1, 0.15) is 20.3 Å².